The first-order valence-electron chi connectivity index (χ1n) is 16.2. The number of halogens is 6. The third-order valence-electron chi connectivity index (χ3n) is 8.11. The molecular weight excluding hydrogens is 660 g/mol. The summed E-state index contributed by atoms with van der Waals surface area (Å²) in [5.74, 6) is -0.496. The standard InChI is InChI=1S/C37H35F6N5O2/c38-36(39,40)29-17-10-15-26(20-29)31-22-28(35(49)44-19-9-4-2-1-3-6-12-25-13-7-5-8-14-25)23-32(34(31)50-24-33-45-47-48-46-33)27-16-11-18-30(21-27)37(41,42)43/h5,7-8,10-11,13-18,20-23H,1-4,6,9,12,19,24H2,(H,44,49)(H,45,46,47,48). The number of tetrazole rings is 1. The van der Waals surface area contributed by atoms with Gasteiger partial charge in [-0.05, 0) is 72.4 Å². The SMILES string of the molecule is O=C(NCCCCCCCCc1ccccc1)c1cc(-c2cccc(C(F)(F)F)c2)c(OCc2nn[nH]n2)c(-c2cccc(C(F)(F)F)c2)c1. The maximum atomic E-state index is 13.8. The van der Waals surface area contributed by atoms with Crippen LogP contribution >= 0.6 is 0 Å². The molecule has 7 nitrogen and oxygen atoms in total. The van der Waals surface area contributed by atoms with Gasteiger partial charge in [-0.1, -0.05) is 85.5 Å². The van der Waals surface area contributed by atoms with Crippen LogP contribution < -0.4 is 10.1 Å². The van der Waals surface area contributed by atoms with Crippen LogP contribution in [0.25, 0.3) is 22.3 Å². The average Bonchev–Trinajstić information content (AvgIpc) is 3.63. The first kappa shape index (κ1) is 36.1. The maximum absolute atomic E-state index is 13.8. The first-order valence-corrected chi connectivity index (χ1v) is 16.2. The van der Waals surface area contributed by atoms with E-state index in [1.54, 1.807) is 0 Å². The molecule has 0 aliphatic rings. The molecule has 5 rings (SSSR count). The van der Waals surface area contributed by atoms with Crippen molar-refractivity contribution in [2.45, 2.75) is 63.9 Å². The zero-order valence-electron chi connectivity index (χ0n) is 27.0. The third kappa shape index (κ3) is 9.93. The Morgan fingerprint density at radius 1 is 0.700 bits per heavy atom. The Balaban J connectivity index is 1.39. The van der Waals surface area contributed by atoms with E-state index in [0.717, 1.165) is 62.8 Å². The van der Waals surface area contributed by atoms with Gasteiger partial charge in [-0.15, -0.1) is 10.2 Å². The van der Waals surface area contributed by atoms with Gasteiger partial charge in [-0.2, -0.15) is 31.6 Å². The number of rotatable bonds is 15. The summed E-state index contributed by atoms with van der Waals surface area (Å²) in [5.41, 5.74) is -0.336. The Morgan fingerprint density at radius 2 is 1.28 bits per heavy atom. The number of alkyl halides is 6. The van der Waals surface area contributed by atoms with Crippen molar-refractivity contribution in [1.82, 2.24) is 25.9 Å². The zero-order valence-corrected chi connectivity index (χ0v) is 27.0. The van der Waals surface area contributed by atoms with Crippen molar-refractivity contribution in [3.05, 3.63) is 119 Å². The summed E-state index contributed by atoms with van der Waals surface area (Å²) in [6, 6.07) is 21.9. The number of aromatic nitrogens is 4. The summed E-state index contributed by atoms with van der Waals surface area (Å²) in [6.07, 6.45) is -2.48. The molecule has 0 bridgehead atoms. The van der Waals surface area contributed by atoms with E-state index < -0.39 is 29.4 Å². The lowest BCUT2D eigenvalue weighted by molar-refractivity contribution is -0.138. The van der Waals surface area contributed by atoms with Crippen molar-refractivity contribution < 1.29 is 35.9 Å². The summed E-state index contributed by atoms with van der Waals surface area (Å²) in [5, 5.41) is 16.2. The number of nitrogens with zero attached hydrogens (tertiary/aromatic N) is 3. The van der Waals surface area contributed by atoms with Crippen molar-refractivity contribution in [2.75, 3.05) is 6.54 Å². The van der Waals surface area contributed by atoms with Gasteiger partial charge in [0.1, 0.15) is 5.75 Å². The van der Waals surface area contributed by atoms with Crippen LogP contribution in [-0.4, -0.2) is 33.1 Å². The summed E-state index contributed by atoms with van der Waals surface area (Å²) in [6.45, 7) is 0.0307. The van der Waals surface area contributed by atoms with Crippen molar-refractivity contribution >= 4 is 5.91 Å². The zero-order chi connectivity index (χ0) is 35.6. The topological polar surface area (TPSA) is 92.8 Å². The molecule has 0 aliphatic carbocycles. The van der Waals surface area contributed by atoms with Gasteiger partial charge in [0.05, 0.1) is 11.1 Å². The summed E-state index contributed by atoms with van der Waals surface area (Å²) in [4.78, 5) is 13.5. The molecule has 262 valence electrons. The molecule has 0 saturated carbocycles. The molecule has 5 aromatic rings. The van der Waals surface area contributed by atoms with Crippen LogP contribution in [0.1, 0.15) is 71.4 Å². The van der Waals surface area contributed by atoms with Gasteiger partial charge in [0.2, 0.25) is 5.82 Å². The number of nitrogens with one attached hydrogen (secondary N) is 2. The normalized spacial score (nSPS) is 11.8. The monoisotopic (exact) mass is 695 g/mol. The van der Waals surface area contributed by atoms with Crippen LogP contribution in [0.2, 0.25) is 0 Å². The quantitative estimate of drug-likeness (QED) is 0.0841. The van der Waals surface area contributed by atoms with Crippen LogP contribution in [0, 0.1) is 0 Å². The molecule has 0 saturated heterocycles. The van der Waals surface area contributed by atoms with Gasteiger partial charge < -0.3 is 10.1 Å². The highest BCUT2D eigenvalue weighted by Gasteiger charge is 2.32. The molecule has 2 N–H and O–H groups in total. The Labute approximate surface area is 285 Å². The number of H-pyrrole nitrogens is 1. The van der Waals surface area contributed by atoms with Crippen LogP contribution in [0.4, 0.5) is 26.3 Å². The third-order valence-corrected chi connectivity index (χ3v) is 8.11. The number of aromatic amines is 1. The van der Waals surface area contributed by atoms with E-state index in [1.165, 1.54) is 42.0 Å². The number of benzene rings is 4. The Morgan fingerprint density at radius 3 is 1.84 bits per heavy atom. The van der Waals surface area contributed by atoms with Crippen LogP contribution in [0.15, 0.2) is 91.0 Å². The fraction of sp³-hybridized carbons (Fsp3) is 0.297. The van der Waals surface area contributed by atoms with Crippen LogP contribution in [-0.2, 0) is 25.4 Å². The van der Waals surface area contributed by atoms with E-state index in [1.807, 2.05) is 18.2 Å². The number of hydrogen-bond acceptors (Lipinski definition) is 5. The summed E-state index contributed by atoms with van der Waals surface area (Å²) < 4.78 is 88.5. The number of amides is 1. The van der Waals surface area contributed by atoms with Crippen molar-refractivity contribution in [3.63, 3.8) is 0 Å². The van der Waals surface area contributed by atoms with E-state index in [0.29, 0.717) is 13.0 Å². The number of aryl methyl sites for hydroxylation is 1. The minimum atomic E-state index is -4.68. The van der Waals surface area contributed by atoms with Gasteiger partial charge in [0.15, 0.2) is 6.61 Å². The van der Waals surface area contributed by atoms with Gasteiger partial charge >= 0.3 is 12.4 Å². The predicted molar refractivity (Wildman–Crippen MR) is 176 cm³/mol. The molecule has 13 heteroatoms. The fourth-order valence-electron chi connectivity index (χ4n) is 5.56. The molecule has 4 aromatic carbocycles. The van der Waals surface area contributed by atoms with Crippen LogP contribution in [0.3, 0.4) is 0 Å². The van der Waals surface area contributed by atoms with Gasteiger partial charge in [-0.3, -0.25) is 4.79 Å². The smallest absolute Gasteiger partial charge is 0.416 e. The molecule has 0 fully saturated rings. The van der Waals surface area contributed by atoms with E-state index in [2.05, 4.69) is 38.1 Å². The minimum absolute atomic E-state index is 0.0395. The highest BCUT2D eigenvalue weighted by molar-refractivity contribution is 5.99. The largest absolute Gasteiger partial charge is 0.484 e. The lowest BCUT2D eigenvalue weighted by Crippen LogP contribution is -2.24. The minimum Gasteiger partial charge on any atom is -0.484 e. The highest BCUT2D eigenvalue weighted by atomic mass is 19.4. The molecule has 50 heavy (non-hydrogen) atoms. The highest BCUT2D eigenvalue weighted by Crippen LogP contribution is 2.43. The summed E-state index contributed by atoms with van der Waals surface area (Å²) >= 11 is 0. The average molecular weight is 696 g/mol. The number of hydrogen-bond donors (Lipinski definition) is 2. The van der Waals surface area contributed by atoms with Gasteiger partial charge in [-0.25, -0.2) is 0 Å². The number of carbonyl (C=O) groups excluding carboxylic acids is 1. The van der Waals surface area contributed by atoms with Crippen molar-refractivity contribution in [3.8, 4) is 28.0 Å². The number of unbranched alkanes of at least 4 members (excludes halogenated alkanes) is 5. The molecule has 1 aromatic heterocycles. The lowest BCUT2D eigenvalue weighted by atomic mass is 9.92. The second-order valence-corrected chi connectivity index (χ2v) is 11.8. The Hall–Kier alpha value is -5.20. The molecule has 0 radical (unpaired) electrons. The molecule has 1 amide bonds. The molecular formula is C37H35F6N5O2. The predicted octanol–water partition coefficient (Wildman–Crippen LogP) is 9.46. The second-order valence-electron chi connectivity index (χ2n) is 11.8. The van der Waals surface area contributed by atoms with E-state index in [9.17, 15) is 31.1 Å². The van der Waals surface area contributed by atoms with Gasteiger partial charge in [0, 0.05) is 23.2 Å². The summed E-state index contributed by atoms with van der Waals surface area (Å²) in [7, 11) is 0. The number of carbonyl (C=O) groups is 1. The lowest BCUT2D eigenvalue weighted by Gasteiger charge is -2.19. The molecule has 0 atom stereocenters. The molecule has 1 heterocycles. The van der Waals surface area contributed by atoms with E-state index in [4.69, 9.17) is 4.74 Å². The fourth-order valence-corrected chi connectivity index (χ4v) is 5.56. The maximum Gasteiger partial charge on any atom is 0.416 e. The van der Waals surface area contributed by atoms with Crippen LogP contribution in [0.5, 0.6) is 5.75 Å². The molecule has 0 aliphatic heterocycles. The first-order chi connectivity index (χ1) is 24.0. The molecule has 0 spiro atoms. The number of ether oxygens (including phenoxy) is 1. The molecule has 0 unspecified atom stereocenters. The Bertz CT molecular complexity index is 1770. The van der Waals surface area contributed by atoms with E-state index in [-0.39, 0.29) is 46.0 Å². The second kappa shape index (κ2) is 16.5. The van der Waals surface area contributed by atoms with Crippen molar-refractivity contribution in [2.24, 2.45) is 0 Å². The van der Waals surface area contributed by atoms with E-state index >= 15 is 0 Å². The Kier molecular flexibility index (Phi) is 11.9. The van der Waals surface area contributed by atoms with Crippen molar-refractivity contribution in [1.29, 1.82) is 0 Å². The van der Waals surface area contributed by atoms with Gasteiger partial charge in [0.25, 0.3) is 5.91 Å².